The van der Waals surface area contributed by atoms with Gasteiger partial charge in [0.1, 0.15) is 5.82 Å². The van der Waals surface area contributed by atoms with Crippen molar-refractivity contribution >= 4 is 17.7 Å². The first kappa shape index (κ1) is 17.5. The second-order valence-corrected chi connectivity index (χ2v) is 8.23. The molecule has 2 fully saturated rings. The van der Waals surface area contributed by atoms with Crippen molar-refractivity contribution in [3.63, 3.8) is 0 Å². The second kappa shape index (κ2) is 7.80. The molecule has 0 radical (unpaired) electrons. The zero-order valence-corrected chi connectivity index (χ0v) is 15.7. The van der Waals surface area contributed by atoms with E-state index in [0.717, 1.165) is 49.0 Å². The molecule has 2 unspecified atom stereocenters. The van der Waals surface area contributed by atoms with Gasteiger partial charge in [0.25, 0.3) is 0 Å². The Balaban J connectivity index is 1.46. The summed E-state index contributed by atoms with van der Waals surface area (Å²) < 4.78 is 7.67. The summed E-state index contributed by atoms with van der Waals surface area (Å²) in [6, 6.07) is 10.1. The molecule has 1 saturated carbocycles. The predicted molar refractivity (Wildman–Crippen MR) is 101 cm³/mol. The molecule has 1 aromatic heterocycles. The normalized spacial score (nSPS) is 20.9. The van der Waals surface area contributed by atoms with Crippen molar-refractivity contribution in [1.29, 1.82) is 0 Å². The van der Waals surface area contributed by atoms with Crippen molar-refractivity contribution in [2.75, 3.05) is 13.2 Å². The quantitative estimate of drug-likeness (QED) is 0.757. The lowest BCUT2D eigenvalue weighted by Crippen LogP contribution is -2.36. The molecule has 2 aliphatic rings. The van der Waals surface area contributed by atoms with Crippen molar-refractivity contribution in [3.05, 3.63) is 36.2 Å². The summed E-state index contributed by atoms with van der Waals surface area (Å²) >= 11 is 1.46. The number of thioether (sulfide) groups is 1. The number of para-hydroxylation sites is 1. The van der Waals surface area contributed by atoms with Crippen molar-refractivity contribution < 1.29 is 9.53 Å². The molecule has 1 aromatic carbocycles. The zero-order valence-electron chi connectivity index (χ0n) is 14.9. The average molecular weight is 372 g/mol. The lowest BCUT2D eigenvalue weighted by atomic mass is 10.2. The van der Waals surface area contributed by atoms with Crippen LogP contribution in [0.1, 0.15) is 44.3 Å². The van der Waals surface area contributed by atoms with E-state index in [2.05, 4.69) is 32.2 Å². The SMILES string of the molecule is CC(Sc1nnc(C2CC2)n1-c1ccccc1)C(=O)NCC1CCCO1. The van der Waals surface area contributed by atoms with Gasteiger partial charge < -0.3 is 10.1 Å². The summed E-state index contributed by atoms with van der Waals surface area (Å²) in [7, 11) is 0. The molecule has 0 bridgehead atoms. The van der Waals surface area contributed by atoms with Gasteiger partial charge in [-0.3, -0.25) is 9.36 Å². The number of hydrogen-bond donors (Lipinski definition) is 1. The minimum atomic E-state index is -0.241. The maximum atomic E-state index is 12.5. The van der Waals surface area contributed by atoms with Crippen molar-refractivity contribution in [2.45, 2.75) is 55.0 Å². The molecule has 1 saturated heterocycles. The van der Waals surface area contributed by atoms with Crippen LogP contribution in [0.25, 0.3) is 5.69 Å². The molecule has 2 atom stereocenters. The smallest absolute Gasteiger partial charge is 0.233 e. The van der Waals surface area contributed by atoms with Crippen LogP contribution in [0.2, 0.25) is 0 Å². The zero-order chi connectivity index (χ0) is 17.9. The van der Waals surface area contributed by atoms with E-state index in [1.165, 1.54) is 11.8 Å². The van der Waals surface area contributed by atoms with Gasteiger partial charge in [0.05, 0.1) is 11.4 Å². The lowest BCUT2D eigenvalue weighted by Gasteiger charge is -2.15. The lowest BCUT2D eigenvalue weighted by molar-refractivity contribution is -0.120. The first-order chi connectivity index (χ1) is 12.7. The number of carbonyl (C=O) groups is 1. The number of nitrogens with one attached hydrogen (secondary N) is 1. The van der Waals surface area contributed by atoms with Crippen LogP contribution < -0.4 is 5.32 Å². The summed E-state index contributed by atoms with van der Waals surface area (Å²) in [6.45, 7) is 3.30. The fourth-order valence-electron chi connectivity index (χ4n) is 3.16. The van der Waals surface area contributed by atoms with Gasteiger partial charge in [0, 0.05) is 24.8 Å². The minimum Gasteiger partial charge on any atom is -0.376 e. The molecule has 2 aromatic rings. The number of rotatable bonds is 7. The van der Waals surface area contributed by atoms with Crippen LogP contribution in [0.3, 0.4) is 0 Å². The third kappa shape index (κ3) is 3.94. The summed E-state index contributed by atoms with van der Waals surface area (Å²) in [6.07, 6.45) is 4.58. The van der Waals surface area contributed by atoms with E-state index in [9.17, 15) is 4.79 Å². The second-order valence-electron chi connectivity index (χ2n) is 6.93. The number of nitrogens with zero attached hydrogens (tertiary/aromatic N) is 3. The molecule has 7 heteroatoms. The van der Waals surface area contributed by atoms with E-state index >= 15 is 0 Å². The predicted octanol–water partition coefficient (Wildman–Crippen LogP) is 2.92. The molecule has 1 N–H and O–H groups in total. The summed E-state index contributed by atoms with van der Waals surface area (Å²) in [5.74, 6) is 1.51. The number of carbonyl (C=O) groups excluding carboxylic acids is 1. The molecule has 1 aliphatic carbocycles. The van der Waals surface area contributed by atoms with Crippen LogP contribution in [0.5, 0.6) is 0 Å². The Kier molecular flexibility index (Phi) is 5.26. The number of benzene rings is 1. The highest BCUT2D eigenvalue weighted by atomic mass is 32.2. The average Bonchev–Trinajstić information content (AvgIpc) is 3.21. The van der Waals surface area contributed by atoms with E-state index in [-0.39, 0.29) is 17.3 Å². The van der Waals surface area contributed by atoms with Gasteiger partial charge >= 0.3 is 0 Å². The molecule has 26 heavy (non-hydrogen) atoms. The Morgan fingerprint density at radius 3 is 2.81 bits per heavy atom. The van der Waals surface area contributed by atoms with Gasteiger partial charge in [-0.1, -0.05) is 30.0 Å². The van der Waals surface area contributed by atoms with Crippen LogP contribution in [0.15, 0.2) is 35.5 Å². The first-order valence-corrected chi connectivity index (χ1v) is 10.2. The number of aromatic nitrogens is 3. The van der Waals surface area contributed by atoms with Crippen LogP contribution in [-0.2, 0) is 9.53 Å². The molecular formula is C19H24N4O2S. The standard InChI is InChI=1S/C19H24N4O2S/c1-13(18(24)20-12-16-8-5-11-25-16)26-19-22-21-17(14-9-10-14)23(19)15-6-3-2-4-7-15/h2-4,6-7,13-14,16H,5,8-12H2,1H3,(H,20,24). The van der Waals surface area contributed by atoms with Crippen LogP contribution in [-0.4, -0.2) is 45.2 Å². The largest absolute Gasteiger partial charge is 0.376 e. The maximum Gasteiger partial charge on any atom is 0.233 e. The molecule has 2 heterocycles. The number of hydrogen-bond acceptors (Lipinski definition) is 5. The van der Waals surface area contributed by atoms with Gasteiger partial charge in [0.2, 0.25) is 5.91 Å². The van der Waals surface area contributed by atoms with E-state index in [1.54, 1.807) is 0 Å². The van der Waals surface area contributed by atoms with E-state index in [0.29, 0.717) is 12.5 Å². The Morgan fingerprint density at radius 2 is 2.12 bits per heavy atom. The molecule has 4 rings (SSSR count). The molecule has 6 nitrogen and oxygen atoms in total. The number of amides is 1. The number of ether oxygens (including phenoxy) is 1. The highest BCUT2D eigenvalue weighted by molar-refractivity contribution is 8.00. The fraction of sp³-hybridized carbons (Fsp3) is 0.526. The van der Waals surface area contributed by atoms with E-state index in [1.807, 2.05) is 25.1 Å². The van der Waals surface area contributed by atoms with Crippen LogP contribution >= 0.6 is 11.8 Å². The molecule has 1 amide bonds. The Hall–Kier alpha value is -1.86. The van der Waals surface area contributed by atoms with Gasteiger partial charge in [-0.2, -0.15) is 0 Å². The molecular weight excluding hydrogens is 348 g/mol. The van der Waals surface area contributed by atoms with Crippen molar-refractivity contribution in [2.24, 2.45) is 0 Å². The van der Waals surface area contributed by atoms with Crippen molar-refractivity contribution in [1.82, 2.24) is 20.1 Å². The maximum absolute atomic E-state index is 12.5. The highest BCUT2D eigenvalue weighted by Crippen LogP contribution is 2.41. The Labute approximate surface area is 157 Å². The Bertz CT molecular complexity index is 754. The summed E-state index contributed by atoms with van der Waals surface area (Å²) in [4.78, 5) is 12.5. The first-order valence-electron chi connectivity index (χ1n) is 9.29. The summed E-state index contributed by atoms with van der Waals surface area (Å²) in [5, 5.41) is 12.3. The van der Waals surface area contributed by atoms with Crippen LogP contribution in [0, 0.1) is 0 Å². The molecule has 1 aliphatic heterocycles. The van der Waals surface area contributed by atoms with Gasteiger partial charge in [-0.15, -0.1) is 10.2 Å². The fourth-order valence-corrected chi connectivity index (χ4v) is 4.06. The minimum absolute atomic E-state index is 0.0149. The topological polar surface area (TPSA) is 69.0 Å². The van der Waals surface area contributed by atoms with Gasteiger partial charge in [-0.05, 0) is 44.7 Å². The third-order valence-corrected chi connectivity index (χ3v) is 5.84. The monoisotopic (exact) mass is 372 g/mol. The third-order valence-electron chi connectivity index (χ3n) is 4.79. The Morgan fingerprint density at radius 1 is 1.31 bits per heavy atom. The van der Waals surface area contributed by atoms with Crippen LogP contribution in [0.4, 0.5) is 0 Å². The summed E-state index contributed by atoms with van der Waals surface area (Å²) in [5.41, 5.74) is 1.05. The van der Waals surface area contributed by atoms with Gasteiger partial charge in [0.15, 0.2) is 5.16 Å². The van der Waals surface area contributed by atoms with E-state index < -0.39 is 0 Å². The molecule has 138 valence electrons. The highest BCUT2D eigenvalue weighted by Gasteiger charge is 2.32. The van der Waals surface area contributed by atoms with E-state index in [4.69, 9.17) is 4.74 Å². The van der Waals surface area contributed by atoms with Gasteiger partial charge in [-0.25, -0.2) is 0 Å². The molecule has 0 spiro atoms. The van der Waals surface area contributed by atoms with Crippen molar-refractivity contribution in [3.8, 4) is 5.69 Å².